The highest BCUT2D eigenvalue weighted by molar-refractivity contribution is 5.14. The van der Waals surface area contributed by atoms with Crippen LogP contribution in [0.15, 0.2) is 30.3 Å². The molecule has 0 radical (unpaired) electrons. The lowest BCUT2D eigenvalue weighted by atomic mass is 9.61. The molecule has 4 saturated heterocycles. The Kier molecular flexibility index (Phi) is 4.79. The minimum absolute atomic E-state index is 0.255. The van der Waals surface area contributed by atoms with Gasteiger partial charge < -0.3 is 9.47 Å². The minimum Gasteiger partial charge on any atom is -0.349 e. The molecule has 1 aliphatic carbocycles. The summed E-state index contributed by atoms with van der Waals surface area (Å²) in [6.45, 7) is 3.15. The standard InChI is InChI=1S/C23H32O4/c1-17-10-11-19-13-16-24-21-23(19)20(17)12-15-22(25-21,26-27-23)14-6-5-9-18-7-3-2-4-8-18/h2-4,7-8,17,19-21H,5-6,9-16H2,1H3/t17-,19+,20+,21-,22-,23-/m1/s1. The number of rotatable bonds is 5. The van der Waals surface area contributed by atoms with Crippen LogP contribution in [0, 0.1) is 17.8 Å². The van der Waals surface area contributed by atoms with Gasteiger partial charge in [0.05, 0.1) is 6.61 Å². The van der Waals surface area contributed by atoms with E-state index < -0.39 is 5.79 Å². The zero-order valence-corrected chi connectivity index (χ0v) is 16.4. The molecule has 2 bridgehead atoms. The van der Waals surface area contributed by atoms with Crippen molar-refractivity contribution in [2.75, 3.05) is 6.61 Å². The summed E-state index contributed by atoms with van der Waals surface area (Å²) < 4.78 is 12.7. The number of fused-ring (bicyclic) bond motifs is 2. The van der Waals surface area contributed by atoms with Gasteiger partial charge in [-0.25, -0.2) is 9.78 Å². The van der Waals surface area contributed by atoms with Crippen LogP contribution >= 0.6 is 0 Å². The molecule has 5 aliphatic rings. The van der Waals surface area contributed by atoms with Gasteiger partial charge >= 0.3 is 0 Å². The van der Waals surface area contributed by atoms with Crippen LogP contribution in [0.4, 0.5) is 0 Å². The normalized spacial score (nSPS) is 43.1. The van der Waals surface area contributed by atoms with E-state index in [1.54, 1.807) is 0 Å². The van der Waals surface area contributed by atoms with Crippen molar-refractivity contribution in [2.45, 2.75) is 82.4 Å². The van der Waals surface area contributed by atoms with E-state index in [-0.39, 0.29) is 11.9 Å². The van der Waals surface area contributed by atoms with Crippen LogP contribution in [0.5, 0.6) is 0 Å². The first kappa shape index (κ1) is 18.1. The Balaban J connectivity index is 1.28. The van der Waals surface area contributed by atoms with E-state index in [2.05, 4.69) is 37.3 Å². The van der Waals surface area contributed by atoms with Crippen LogP contribution in [-0.4, -0.2) is 24.3 Å². The van der Waals surface area contributed by atoms with Crippen LogP contribution in [0.25, 0.3) is 0 Å². The van der Waals surface area contributed by atoms with E-state index in [1.165, 1.54) is 18.4 Å². The van der Waals surface area contributed by atoms with E-state index >= 15 is 0 Å². The molecule has 6 rings (SSSR count). The molecule has 0 aromatic heterocycles. The third-order valence-electron chi connectivity index (χ3n) is 7.59. The molecule has 148 valence electrons. The fourth-order valence-corrected chi connectivity index (χ4v) is 6.06. The zero-order valence-electron chi connectivity index (χ0n) is 16.4. The Labute approximate surface area is 162 Å². The molecule has 4 aliphatic heterocycles. The first-order chi connectivity index (χ1) is 13.2. The van der Waals surface area contributed by atoms with Gasteiger partial charge in [-0.15, -0.1) is 0 Å². The van der Waals surface area contributed by atoms with Crippen LogP contribution in [0.3, 0.4) is 0 Å². The molecule has 1 saturated carbocycles. The zero-order chi connectivity index (χ0) is 18.3. The lowest BCUT2D eigenvalue weighted by Gasteiger charge is -2.57. The lowest BCUT2D eigenvalue weighted by molar-refractivity contribution is -0.568. The van der Waals surface area contributed by atoms with Gasteiger partial charge in [0.2, 0.25) is 5.79 Å². The Hall–Kier alpha value is -0.940. The SMILES string of the molecule is C[C@@H]1CC[C@H]2CCO[C@@H]3O[C@@]4(CCCCc5ccccc5)CC[C@@H]1[C@]23OO4. The summed E-state index contributed by atoms with van der Waals surface area (Å²) in [5.74, 6) is 1.01. The second kappa shape index (κ2) is 7.14. The number of unbranched alkanes of at least 4 members (excludes halogenated alkanes) is 1. The quantitative estimate of drug-likeness (QED) is 0.537. The van der Waals surface area contributed by atoms with Gasteiger partial charge in [0.1, 0.15) is 0 Å². The van der Waals surface area contributed by atoms with Gasteiger partial charge in [-0.1, -0.05) is 37.3 Å². The summed E-state index contributed by atoms with van der Waals surface area (Å²) in [7, 11) is 0. The van der Waals surface area contributed by atoms with Gasteiger partial charge in [0.25, 0.3) is 0 Å². The maximum Gasteiger partial charge on any atom is 0.204 e. The molecule has 4 nitrogen and oxygen atoms in total. The fraction of sp³-hybridized carbons (Fsp3) is 0.739. The van der Waals surface area contributed by atoms with E-state index in [4.69, 9.17) is 19.2 Å². The van der Waals surface area contributed by atoms with Crippen molar-refractivity contribution in [3.8, 4) is 0 Å². The molecule has 1 spiro atoms. The monoisotopic (exact) mass is 372 g/mol. The predicted molar refractivity (Wildman–Crippen MR) is 102 cm³/mol. The van der Waals surface area contributed by atoms with Crippen molar-refractivity contribution < 1.29 is 19.2 Å². The second-order valence-corrected chi connectivity index (χ2v) is 9.13. The van der Waals surface area contributed by atoms with E-state index in [0.717, 1.165) is 51.6 Å². The Bertz CT molecular complexity index is 645. The summed E-state index contributed by atoms with van der Waals surface area (Å²) >= 11 is 0. The highest BCUT2D eigenvalue weighted by Crippen LogP contribution is 2.59. The molecular weight excluding hydrogens is 340 g/mol. The van der Waals surface area contributed by atoms with Gasteiger partial charge in [0.15, 0.2) is 11.9 Å². The maximum absolute atomic E-state index is 6.56. The fourth-order valence-electron chi connectivity index (χ4n) is 6.06. The molecule has 4 heteroatoms. The van der Waals surface area contributed by atoms with Crippen LogP contribution in [0.2, 0.25) is 0 Å². The maximum atomic E-state index is 6.56. The van der Waals surface area contributed by atoms with Gasteiger partial charge in [-0.3, -0.25) is 0 Å². The Morgan fingerprint density at radius 3 is 2.78 bits per heavy atom. The summed E-state index contributed by atoms with van der Waals surface area (Å²) in [5.41, 5.74) is 1.02. The first-order valence-electron chi connectivity index (χ1n) is 10.9. The smallest absolute Gasteiger partial charge is 0.204 e. The average Bonchev–Trinajstić information content (AvgIpc) is 2.96. The lowest BCUT2D eigenvalue weighted by Crippen LogP contribution is -2.67. The average molecular weight is 373 g/mol. The van der Waals surface area contributed by atoms with Gasteiger partial charge in [-0.2, -0.15) is 0 Å². The Morgan fingerprint density at radius 2 is 1.89 bits per heavy atom. The van der Waals surface area contributed by atoms with Crippen molar-refractivity contribution in [2.24, 2.45) is 17.8 Å². The van der Waals surface area contributed by atoms with E-state index in [9.17, 15) is 0 Å². The molecular formula is C23H32O4. The third kappa shape index (κ3) is 3.05. The highest BCUT2D eigenvalue weighted by Gasteiger charge is 2.67. The van der Waals surface area contributed by atoms with Crippen molar-refractivity contribution in [3.63, 3.8) is 0 Å². The number of aryl methyl sites for hydroxylation is 1. The van der Waals surface area contributed by atoms with Crippen LogP contribution < -0.4 is 0 Å². The van der Waals surface area contributed by atoms with Crippen LogP contribution in [0.1, 0.15) is 63.9 Å². The van der Waals surface area contributed by atoms with Gasteiger partial charge in [0, 0.05) is 12.8 Å². The topological polar surface area (TPSA) is 36.9 Å². The minimum atomic E-state index is -0.619. The molecule has 27 heavy (non-hydrogen) atoms. The number of hydrogen-bond acceptors (Lipinski definition) is 4. The second-order valence-electron chi connectivity index (χ2n) is 9.13. The molecule has 4 heterocycles. The van der Waals surface area contributed by atoms with E-state index in [1.807, 2.05) is 0 Å². The summed E-state index contributed by atoms with van der Waals surface area (Å²) in [5, 5.41) is 0. The third-order valence-corrected chi connectivity index (χ3v) is 7.59. The summed E-state index contributed by atoms with van der Waals surface area (Å²) in [4.78, 5) is 12.4. The van der Waals surface area contributed by atoms with Crippen molar-refractivity contribution in [3.05, 3.63) is 35.9 Å². The summed E-state index contributed by atoms with van der Waals surface area (Å²) in [6.07, 6.45) is 9.53. The van der Waals surface area contributed by atoms with Gasteiger partial charge in [-0.05, 0) is 68.3 Å². The van der Waals surface area contributed by atoms with Crippen molar-refractivity contribution in [1.29, 1.82) is 0 Å². The first-order valence-corrected chi connectivity index (χ1v) is 10.9. The van der Waals surface area contributed by atoms with Crippen LogP contribution in [-0.2, 0) is 25.7 Å². The molecule has 1 aromatic carbocycles. The summed E-state index contributed by atoms with van der Waals surface area (Å²) in [6, 6.07) is 10.7. The molecule has 0 unspecified atom stereocenters. The molecule has 0 amide bonds. The largest absolute Gasteiger partial charge is 0.349 e. The molecule has 6 atom stereocenters. The number of hydrogen-bond donors (Lipinski definition) is 0. The Morgan fingerprint density at radius 1 is 1.00 bits per heavy atom. The molecule has 1 aromatic rings. The van der Waals surface area contributed by atoms with E-state index in [0.29, 0.717) is 17.8 Å². The highest BCUT2D eigenvalue weighted by atomic mass is 17.3. The predicted octanol–water partition coefficient (Wildman–Crippen LogP) is 5.02. The number of ether oxygens (including phenoxy) is 2. The number of benzene rings is 1. The van der Waals surface area contributed by atoms with Crippen molar-refractivity contribution in [1.82, 2.24) is 0 Å². The van der Waals surface area contributed by atoms with Crippen molar-refractivity contribution >= 4 is 0 Å². The molecule has 5 fully saturated rings. The molecule has 0 N–H and O–H groups in total.